The quantitative estimate of drug-likeness (QED) is 0.496. The first kappa shape index (κ1) is 19.8. The van der Waals surface area contributed by atoms with E-state index in [1.807, 2.05) is 35.2 Å². The number of hydrogen-bond acceptors (Lipinski definition) is 6. The van der Waals surface area contributed by atoms with Gasteiger partial charge in [0.1, 0.15) is 36.4 Å². The molecule has 2 unspecified atom stereocenters. The average Bonchev–Trinajstić information content (AvgIpc) is 3.39. The smallest absolute Gasteiger partial charge is 0.147 e. The zero-order valence-electron chi connectivity index (χ0n) is 17.9. The highest BCUT2D eigenvalue weighted by molar-refractivity contribution is 5.86. The Morgan fingerprint density at radius 2 is 2.06 bits per heavy atom. The van der Waals surface area contributed by atoms with Gasteiger partial charge in [-0.1, -0.05) is 13.8 Å². The first-order valence-corrected chi connectivity index (χ1v) is 10.8. The molecule has 4 aromatic rings. The number of nitrogens with zero attached hydrogens (tertiary/aromatic N) is 4. The highest BCUT2D eigenvalue weighted by Gasteiger charge is 2.28. The van der Waals surface area contributed by atoms with Crippen molar-refractivity contribution in [3.8, 4) is 5.75 Å². The molecule has 0 bridgehead atoms. The number of ether oxygens (including phenoxy) is 2. The van der Waals surface area contributed by atoms with Crippen LogP contribution in [0.1, 0.15) is 38.5 Å². The highest BCUT2D eigenvalue weighted by Crippen LogP contribution is 2.32. The molecule has 7 heteroatoms. The van der Waals surface area contributed by atoms with Crippen molar-refractivity contribution in [3.05, 3.63) is 54.6 Å². The molecule has 0 aliphatic carbocycles. The van der Waals surface area contributed by atoms with Gasteiger partial charge in [-0.3, -0.25) is 4.98 Å². The van der Waals surface area contributed by atoms with E-state index in [1.54, 1.807) is 0 Å². The van der Waals surface area contributed by atoms with E-state index in [0.717, 1.165) is 46.9 Å². The van der Waals surface area contributed by atoms with Crippen molar-refractivity contribution in [2.24, 2.45) is 5.92 Å². The Morgan fingerprint density at radius 1 is 1.16 bits per heavy atom. The molecule has 2 atom stereocenters. The van der Waals surface area contributed by atoms with Gasteiger partial charge >= 0.3 is 0 Å². The fraction of sp³-hybridized carbons (Fsp3) is 0.375. The summed E-state index contributed by atoms with van der Waals surface area (Å²) in [6.45, 7) is 4.95. The molecule has 2 N–H and O–H groups in total. The molecule has 160 valence electrons. The zero-order chi connectivity index (χ0) is 21.4. The zero-order valence-corrected chi connectivity index (χ0v) is 17.9. The lowest BCUT2D eigenvalue weighted by Crippen LogP contribution is -2.18. The van der Waals surface area contributed by atoms with E-state index in [2.05, 4.69) is 40.9 Å². The normalized spacial score (nSPS) is 18.9. The second kappa shape index (κ2) is 8.15. The van der Waals surface area contributed by atoms with Crippen molar-refractivity contribution >= 4 is 27.8 Å². The van der Waals surface area contributed by atoms with Gasteiger partial charge in [0.05, 0.1) is 17.0 Å². The highest BCUT2D eigenvalue weighted by atomic mass is 16.6. The number of fused-ring (bicyclic) bond motifs is 2. The van der Waals surface area contributed by atoms with Gasteiger partial charge in [-0.05, 0) is 55.0 Å². The van der Waals surface area contributed by atoms with Crippen LogP contribution >= 0.6 is 0 Å². The van der Waals surface area contributed by atoms with E-state index >= 15 is 0 Å². The van der Waals surface area contributed by atoms with E-state index < -0.39 is 0 Å². The molecule has 31 heavy (non-hydrogen) atoms. The van der Waals surface area contributed by atoms with Crippen molar-refractivity contribution in [2.75, 3.05) is 12.3 Å². The van der Waals surface area contributed by atoms with E-state index in [9.17, 15) is 0 Å². The molecular formula is C24H27N5O2. The van der Waals surface area contributed by atoms with E-state index in [-0.39, 0.29) is 12.3 Å². The third-order valence-corrected chi connectivity index (χ3v) is 5.73. The fourth-order valence-corrected chi connectivity index (χ4v) is 4.25. The van der Waals surface area contributed by atoms with Gasteiger partial charge < -0.3 is 19.8 Å². The van der Waals surface area contributed by atoms with Crippen molar-refractivity contribution in [1.82, 2.24) is 19.5 Å². The molecule has 5 rings (SSSR count). The number of pyridine rings is 1. The van der Waals surface area contributed by atoms with Crippen LogP contribution < -0.4 is 10.5 Å². The van der Waals surface area contributed by atoms with Gasteiger partial charge in [0.2, 0.25) is 0 Å². The second-order valence-electron chi connectivity index (χ2n) is 8.62. The van der Waals surface area contributed by atoms with Crippen LogP contribution in [0.2, 0.25) is 0 Å². The number of benzene rings is 1. The molecule has 0 radical (unpaired) electrons. The summed E-state index contributed by atoms with van der Waals surface area (Å²) < 4.78 is 14.3. The van der Waals surface area contributed by atoms with Crippen molar-refractivity contribution < 1.29 is 9.47 Å². The van der Waals surface area contributed by atoms with E-state index in [4.69, 9.17) is 15.2 Å². The molecule has 0 amide bonds. The molecule has 1 aromatic carbocycles. The molecular weight excluding hydrogens is 390 g/mol. The summed E-state index contributed by atoms with van der Waals surface area (Å²) in [5, 5.41) is 1.99. The molecule has 7 nitrogen and oxygen atoms in total. The molecule has 4 heterocycles. The first-order valence-electron chi connectivity index (χ1n) is 10.8. The lowest BCUT2D eigenvalue weighted by Gasteiger charge is -2.16. The SMILES string of the molecule is CC(C)Cc1cnc2cc(OCC3CCC(n4ccc5c(N)ncnc54)O3)ccc2c1. The molecule has 1 fully saturated rings. The first-order chi connectivity index (χ1) is 15.1. The van der Waals surface area contributed by atoms with Crippen LogP contribution in [-0.4, -0.2) is 32.2 Å². The van der Waals surface area contributed by atoms with Crippen LogP contribution in [0.15, 0.2) is 49.1 Å². The maximum Gasteiger partial charge on any atom is 0.147 e. The molecule has 0 saturated carbocycles. The lowest BCUT2D eigenvalue weighted by atomic mass is 10.0. The summed E-state index contributed by atoms with van der Waals surface area (Å²) in [5.41, 5.74) is 8.97. The standard InChI is InChI=1S/C24H27N5O2/c1-15(2)9-16-10-17-3-4-18(11-21(17)26-12-16)30-13-19-5-6-22(31-19)29-8-7-20-23(25)27-14-28-24(20)29/h3-4,7-8,10-12,14-15,19,22H,5-6,9,13H2,1-2H3,(H2,25,27,28). The van der Waals surface area contributed by atoms with E-state index in [0.29, 0.717) is 18.3 Å². The number of nitrogen functional groups attached to an aromatic ring is 1. The van der Waals surface area contributed by atoms with Gasteiger partial charge in [0.25, 0.3) is 0 Å². The summed E-state index contributed by atoms with van der Waals surface area (Å²) >= 11 is 0. The van der Waals surface area contributed by atoms with Crippen LogP contribution in [0.25, 0.3) is 21.9 Å². The summed E-state index contributed by atoms with van der Waals surface area (Å²) in [5.74, 6) is 1.92. The van der Waals surface area contributed by atoms with Crippen molar-refractivity contribution in [3.63, 3.8) is 0 Å². The third-order valence-electron chi connectivity index (χ3n) is 5.73. The Hall–Kier alpha value is -3.19. The van der Waals surface area contributed by atoms with Gasteiger partial charge in [-0.25, -0.2) is 9.97 Å². The molecule has 1 aliphatic heterocycles. The summed E-state index contributed by atoms with van der Waals surface area (Å²) in [7, 11) is 0. The lowest BCUT2D eigenvalue weighted by molar-refractivity contribution is -0.0156. The predicted molar refractivity (Wildman–Crippen MR) is 121 cm³/mol. The Labute approximate surface area is 181 Å². The number of anilines is 1. The summed E-state index contributed by atoms with van der Waals surface area (Å²) in [6.07, 6.45) is 8.24. The van der Waals surface area contributed by atoms with Crippen molar-refractivity contribution in [2.45, 2.75) is 45.4 Å². The number of rotatable bonds is 6. The van der Waals surface area contributed by atoms with Crippen LogP contribution in [0.4, 0.5) is 5.82 Å². The summed E-state index contributed by atoms with van der Waals surface area (Å²) in [6, 6.07) is 10.2. The maximum atomic E-state index is 6.24. The van der Waals surface area contributed by atoms with Gasteiger partial charge in [0.15, 0.2) is 0 Å². The van der Waals surface area contributed by atoms with Gasteiger partial charge in [-0.15, -0.1) is 0 Å². The molecule has 1 aliphatic rings. The van der Waals surface area contributed by atoms with Crippen LogP contribution in [0.3, 0.4) is 0 Å². The minimum Gasteiger partial charge on any atom is -0.491 e. The minimum atomic E-state index is -0.0713. The van der Waals surface area contributed by atoms with Crippen LogP contribution in [0.5, 0.6) is 5.75 Å². The maximum absolute atomic E-state index is 6.24. The monoisotopic (exact) mass is 417 g/mol. The molecule has 3 aromatic heterocycles. The fourth-order valence-electron chi connectivity index (χ4n) is 4.25. The Bertz CT molecular complexity index is 1220. The number of aromatic nitrogens is 4. The number of hydrogen-bond donors (Lipinski definition) is 1. The van der Waals surface area contributed by atoms with E-state index in [1.165, 1.54) is 11.9 Å². The third kappa shape index (κ3) is 4.05. The molecule has 1 saturated heterocycles. The van der Waals surface area contributed by atoms with Gasteiger partial charge in [-0.2, -0.15) is 0 Å². The van der Waals surface area contributed by atoms with Crippen molar-refractivity contribution in [1.29, 1.82) is 0 Å². The average molecular weight is 418 g/mol. The molecule has 0 spiro atoms. The van der Waals surface area contributed by atoms with Crippen LogP contribution in [-0.2, 0) is 11.2 Å². The minimum absolute atomic E-state index is 0.0266. The number of nitrogens with two attached hydrogens (primary N) is 1. The predicted octanol–water partition coefficient (Wildman–Crippen LogP) is 4.52. The Balaban J connectivity index is 1.23. The van der Waals surface area contributed by atoms with Crippen LogP contribution in [0, 0.1) is 5.92 Å². The largest absolute Gasteiger partial charge is 0.491 e. The summed E-state index contributed by atoms with van der Waals surface area (Å²) in [4.78, 5) is 13.0. The second-order valence-corrected chi connectivity index (χ2v) is 8.62. The topological polar surface area (TPSA) is 88.1 Å². The Kier molecular flexibility index (Phi) is 5.19. The Morgan fingerprint density at radius 3 is 2.94 bits per heavy atom. The van der Waals surface area contributed by atoms with Gasteiger partial charge in [0, 0.05) is 23.8 Å².